The van der Waals surface area contributed by atoms with Gasteiger partial charge in [-0.3, -0.25) is 0 Å². The van der Waals surface area contributed by atoms with Crippen LogP contribution in [0.15, 0.2) is 24.3 Å². The molecule has 0 atom stereocenters. The van der Waals surface area contributed by atoms with Crippen LogP contribution < -0.4 is 4.74 Å². The lowest BCUT2D eigenvalue weighted by molar-refractivity contribution is 0.473. The van der Waals surface area contributed by atoms with Crippen LogP contribution in [0.5, 0.6) is 11.5 Å². The molecule has 0 saturated heterocycles. The Morgan fingerprint density at radius 2 is 1.43 bits per heavy atom. The first-order valence-electron chi connectivity index (χ1n) is 8.14. The molecule has 124 valence electrons. The van der Waals surface area contributed by atoms with Gasteiger partial charge in [0.1, 0.15) is 11.5 Å². The molecule has 0 spiro atoms. The molecule has 23 heavy (non-hydrogen) atoms. The van der Waals surface area contributed by atoms with Gasteiger partial charge in [-0.25, -0.2) is 0 Å². The van der Waals surface area contributed by atoms with Gasteiger partial charge in [0, 0.05) is 5.75 Å². The number of thiol groups is 1. The second-order valence-corrected chi connectivity index (χ2v) is 7.77. The van der Waals surface area contributed by atoms with Crippen LogP contribution in [0.3, 0.4) is 0 Å². The van der Waals surface area contributed by atoms with E-state index in [1.54, 1.807) is 0 Å². The van der Waals surface area contributed by atoms with E-state index >= 15 is 0 Å². The maximum absolute atomic E-state index is 6.27. The van der Waals surface area contributed by atoms with Crippen molar-refractivity contribution in [2.24, 2.45) is 0 Å². The van der Waals surface area contributed by atoms with Crippen LogP contribution in [0.25, 0.3) is 0 Å². The lowest BCUT2D eigenvalue weighted by Crippen LogP contribution is -2.12. The summed E-state index contributed by atoms with van der Waals surface area (Å²) in [6, 6.07) is 8.66. The first-order chi connectivity index (χ1) is 10.6. The van der Waals surface area contributed by atoms with Crippen LogP contribution in [-0.2, 0) is 11.2 Å². The molecule has 2 rings (SSSR count). The lowest BCUT2D eigenvalue weighted by atomic mass is 9.85. The number of rotatable bonds is 3. The minimum atomic E-state index is 0.0859. The Morgan fingerprint density at radius 3 is 1.91 bits per heavy atom. The van der Waals surface area contributed by atoms with Crippen LogP contribution in [0, 0.1) is 27.7 Å². The molecule has 2 heteroatoms. The number of ether oxygens (including phenoxy) is 1. The Kier molecular flexibility index (Phi) is 5.15. The summed E-state index contributed by atoms with van der Waals surface area (Å²) in [5.74, 6) is 2.56. The Balaban J connectivity index is 2.51. The predicted octanol–water partition coefficient (Wildman–Crippen LogP) is 6.44. The molecule has 0 bridgehead atoms. The Labute approximate surface area is 146 Å². The molecule has 1 nitrogen and oxygen atoms in total. The normalized spacial score (nSPS) is 11.7. The van der Waals surface area contributed by atoms with Gasteiger partial charge in [-0.2, -0.15) is 12.6 Å². The molecule has 2 aromatic carbocycles. The Hall–Kier alpha value is -1.41. The van der Waals surface area contributed by atoms with Gasteiger partial charge in [0.15, 0.2) is 0 Å². The van der Waals surface area contributed by atoms with Crippen molar-refractivity contribution in [2.45, 2.75) is 59.6 Å². The van der Waals surface area contributed by atoms with Gasteiger partial charge in [-0.05, 0) is 84.7 Å². The summed E-state index contributed by atoms with van der Waals surface area (Å²) in [7, 11) is 0. The summed E-state index contributed by atoms with van der Waals surface area (Å²) in [6.07, 6.45) is 0. The number of hydrogen-bond acceptors (Lipinski definition) is 2. The van der Waals surface area contributed by atoms with Crippen LogP contribution >= 0.6 is 12.6 Å². The number of hydrogen-bond donors (Lipinski definition) is 1. The van der Waals surface area contributed by atoms with Crippen LogP contribution in [0.1, 0.15) is 54.2 Å². The van der Waals surface area contributed by atoms with E-state index in [0.29, 0.717) is 0 Å². The third-order valence-electron chi connectivity index (χ3n) is 4.63. The predicted molar refractivity (Wildman–Crippen MR) is 103 cm³/mol. The first kappa shape index (κ1) is 17.9. The van der Waals surface area contributed by atoms with Gasteiger partial charge in [-0.15, -0.1) is 0 Å². The molecule has 0 aromatic heterocycles. The van der Waals surface area contributed by atoms with Gasteiger partial charge in [0.2, 0.25) is 0 Å². The second kappa shape index (κ2) is 6.60. The van der Waals surface area contributed by atoms with Crippen molar-refractivity contribution >= 4 is 12.6 Å². The summed E-state index contributed by atoms with van der Waals surface area (Å²) in [4.78, 5) is 0. The van der Waals surface area contributed by atoms with Crippen LogP contribution in [0.2, 0.25) is 0 Å². The van der Waals surface area contributed by atoms with Crippen molar-refractivity contribution in [3.05, 3.63) is 57.6 Å². The fourth-order valence-electron chi connectivity index (χ4n) is 2.63. The van der Waals surface area contributed by atoms with Crippen molar-refractivity contribution in [2.75, 3.05) is 0 Å². The van der Waals surface area contributed by atoms with E-state index in [4.69, 9.17) is 4.74 Å². The zero-order chi connectivity index (χ0) is 17.4. The van der Waals surface area contributed by atoms with Crippen molar-refractivity contribution < 1.29 is 4.74 Å². The molecule has 0 aliphatic heterocycles. The third-order valence-corrected chi connectivity index (χ3v) is 4.97. The number of benzene rings is 2. The monoisotopic (exact) mass is 328 g/mol. The highest BCUT2D eigenvalue weighted by atomic mass is 32.1. The molecule has 0 amide bonds. The molecular formula is C21H28OS. The zero-order valence-corrected chi connectivity index (χ0v) is 16.3. The molecule has 0 aliphatic rings. The molecule has 0 N–H and O–H groups in total. The van der Waals surface area contributed by atoms with Crippen molar-refractivity contribution in [3.63, 3.8) is 0 Å². The minimum absolute atomic E-state index is 0.0859. The van der Waals surface area contributed by atoms with Gasteiger partial charge in [0.25, 0.3) is 0 Å². The Bertz CT molecular complexity index is 700. The quantitative estimate of drug-likeness (QED) is 0.638. The van der Waals surface area contributed by atoms with Gasteiger partial charge in [-0.1, -0.05) is 26.8 Å². The maximum Gasteiger partial charge on any atom is 0.130 e. The molecule has 0 saturated carbocycles. The first-order valence-corrected chi connectivity index (χ1v) is 8.77. The van der Waals surface area contributed by atoms with Gasteiger partial charge in [0.05, 0.1) is 0 Å². The topological polar surface area (TPSA) is 9.23 Å². The Morgan fingerprint density at radius 1 is 0.870 bits per heavy atom. The van der Waals surface area contributed by atoms with Crippen LogP contribution in [-0.4, -0.2) is 0 Å². The molecule has 0 aliphatic carbocycles. The summed E-state index contributed by atoms with van der Waals surface area (Å²) in [6.45, 7) is 15.2. The van der Waals surface area contributed by atoms with E-state index in [1.165, 1.54) is 33.4 Å². The van der Waals surface area contributed by atoms with Crippen molar-refractivity contribution in [1.82, 2.24) is 0 Å². The summed E-state index contributed by atoms with van der Waals surface area (Å²) in [5, 5.41) is 0. The van der Waals surface area contributed by atoms with Crippen LogP contribution in [0.4, 0.5) is 0 Å². The van der Waals surface area contributed by atoms with Gasteiger partial charge >= 0.3 is 0 Å². The fraction of sp³-hybridized carbons (Fsp3) is 0.429. The largest absolute Gasteiger partial charge is 0.457 e. The average molecular weight is 329 g/mol. The summed E-state index contributed by atoms with van der Waals surface area (Å²) >= 11 is 4.49. The molecule has 2 aromatic rings. The smallest absolute Gasteiger partial charge is 0.130 e. The second-order valence-electron chi connectivity index (χ2n) is 7.45. The maximum atomic E-state index is 6.27. The van der Waals surface area contributed by atoms with Crippen molar-refractivity contribution in [3.8, 4) is 11.5 Å². The summed E-state index contributed by atoms with van der Waals surface area (Å²) < 4.78 is 6.27. The molecule has 0 heterocycles. The molecule has 0 fully saturated rings. The number of aryl methyl sites for hydroxylation is 2. The SMILES string of the molecule is Cc1cc(Oc2cc(C(C)(C)C)cc(CS)c2C)cc(C)c1C. The lowest BCUT2D eigenvalue weighted by Gasteiger charge is -2.23. The minimum Gasteiger partial charge on any atom is -0.457 e. The van der Waals surface area contributed by atoms with Crippen molar-refractivity contribution in [1.29, 1.82) is 0 Å². The highest BCUT2D eigenvalue weighted by molar-refractivity contribution is 7.79. The standard InChI is InChI=1S/C21H28OS/c1-13-8-19(9-14(2)15(13)3)22-20-11-18(21(5,6)7)10-17(12-23)16(20)4/h8-11,23H,12H2,1-7H3. The van der Waals surface area contributed by atoms with E-state index in [0.717, 1.165) is 17.3 Å². The zero-order valence-electron chi connectivity index (χ0n) is 15.4. The van der Waals surface area contributed by atoms with E-state index in [1.807, 2.05) is 0 Å². The molecule has 0 radical (unpaired) electrons. The highest BCUT2D eigenvalue weighted by Crippen LogP contribution is 2.35. The third kappa shape index (κ3) is 3.92. The average Bonchev–Trinajstić information content (AvgIpc) is 2.45. The van der Waals surface area contributed by atoms with E-state index in [9.17, 15) is 0 Å². The fourth-order valence-corrected chi connectivity index (χ4v) is 2.96. The van der Waals surface area contributed by atoms with E-state index < -0.39 is 0 Å². The highest BCUT2D eigenvalue weighted by Gasteiger charge is 2.18. The van der Waals surface area contributed by atoms with Gasteiger partial charge < -0.3 is 4.74 Å². The molecule has 0 unspecified atom stereocenters. The molecular weight excluding hydrogens is 300 g/mol. The van der Waals surface area contributed by atoms with E-state index in [2.05, 4.69) is 85.4 Å². The summed E-state index contributed by atoms with van der Waals surface area (Å²) in [5.41, 5.74) is 7.62. The van der Waals surface area contributed by atoms with E-state index in [-0.39, 0.29) is 5.41 Å².